The molecule has 0 spiro atoms. The van der Waals surface area contributed by atoms with Gasteiger partial charge >= 0.3 is 0 Å². The van der Waals surface area contributed by atoms with Crippen molar-refractivity contribution < 1.29 is 28.5 Å². The minimum Gasteiger partial charge on any atom is -0.490 e. The fourth-order valence-electron chi connectivity index (χ4n) is 3.99. The van der Waals surface area contributed by atoms with E-state index >= 15 is 0 Å². The molecule has 3 aromatic carbocycles. The Morgan fingerprint density at radius 2 is 1.68 bits per heavy atom. The Balaban J connectivity index is 1.62. The molecule has 3 aromatic rings. The number of carbonyl (C=O) groups excluding carboxylic acids is 2. The summed E-state index contributed by atoms with van der Waals surface area (Å²) in [4.78, 5) is 27.6. The van der Waals surface area contributed by atoms with E-state index in [9.17, 15) is 9.59 Å². The lowest BCUT2D eigenvalue weighted by Crippen LogP contribution is -2.38. The summed E-state index contributed by atoms with van der Waals surface area (Å²) in [6.45, 7) is 7.06. The summed E-state index contributed by atoms with van der Waals surface area (Å²) in [5.74, 6) is 1.32. The number of hydrogen-bond donors (Lipinski definition) is 1. The molecule has 1 aliphatic rings. The summed E-state index contributed by atoms with van der Waals surface area (Å²) in [6.07, 6.45) is 0. The van der Waals surface area contributed by atoms with Crippen molar-refractivity contribution in [3.63, 3.8) is 0 Å². The van der Waals surface area contributed by atoms with Gasteiger partial charge in [0, 0.05) is 16.3 Å². The van der Waals surface area contributed by atoms with Gasteiger partial charge < -0.3 is 29.2 Å². The van der Waals surface area contributed by atoms with Crippen LogP contribution in [0.1, 0.15) is 36.7 Å². The van der Waals surface area contributed by atoms with E-state index in [0.717, 1.165) is 5.56 Å². The molecule has 0 saturated carbocycles. The highest BCUT2D eigenvalue weighted by Gasteiger charge is 2.26. The van der Waals surface area contributed by atoms with Crippen molar-refractivity contribution in [3.05, 3.63) is 70.7 Å². The molecule has 9 heteroatoms. The Bertz CT molecular complexity index is 1270. The van der Waals surface area contributed by atoms with Crippen LogP contribution in [0.25, 0.3) is 0 Å². The first-order valence-electron chi connectivity index (χ1n) is 12.1. The fraction of sp³-hybridized carbons (Fsp3) is 0.286. The maximum atomic E-state index is 13.2. The molecule has 8 nitrogen and oxygen atoms in total. The number of halogens is 1. The van der Waals surface area contributed by atoms with E-state index in [2.05, 4.69) is 5.32 Å². The van der Waals surface area contributed by atoms with Crippen molar-refractivity contribution in [3.8, 4) is 23.0 Å². The van der Waals surface area contributed by atoms with Gasteiger partial charge in [-0.2, -0.15) is 0 Å². The van der Waals surface area contributed by atoms with Crippen LogP contribution in [0.5, 0.6) is 23.0 Å². The Kier molecular flexibility index (Phi) is 8.40. The molecule has 194 valence electrons. The van der Waals surface area contributed by atoms with Crippen molar-refractivity contribution in [1.29, 1.82) is 0 Å². The molecule has 37 heavy (non-hydrogen) atoms. The molecule has 0 radical (unpaired) electrons. The average molecular weight is 525 g/mol. The Morgan fingerprint density at radius 1 is 0.973 bits per heavy atom. The van der Waals surface area contributed by atoms with E-state index in [1.54, 1.807) is 41.3 Å². The number of nitrogens with one attached hydrogen (secondary N) is 1. The van der Waals surface area contributed by atoms with Crippen molar-refractivity contribution >= 4 is 34.8 Å². The topological polar surface area (TPSA) is 86.3 Å². The molecular weight excluding hydrogens is 496 g/mol. The molecule has 0 saturated heterocycles. The fourth-order valence-corrected chi connectivity index (χ4v) is 4.21. The molecule has 1 aliphatic heterocycles. The van der Waals surface area contributed by atoms with Crippen LogP contribution >= 0.6 is 11.6 Å². The monoisotopic (exact) mass is 524 g/mol. The SMILES string of the molecule is CCOc1cc(C(=O)Nc2ccc3c(c2)N(Cc2cccc(Cl)c2)C(=O)CO3)cc(OCC)c1OCC. The van der Waals surface area contributed by atoms with Gasteiger partial charge in [0.25, 0.3) is 11.8 Å². The van der Waals surface area contributed by atoms with Gasteiger partial charge in [-0.15, -0.1) is 0 Å². The third-order valence-corrected chi connectivity index (χ3v) is 5.80. The Hall–Kier alpha value is -3.91. The lowest BCUT2D eigenvalue weighted by Gasteiger charge is -2.30. The predicted molar refractivity (Wildman–Crippen MR) is 142 cm³/mol. The standard InChI is InChI=1S/C28H29ClN2O6/c1-4-34-24-13-19(14-25(35-5-2)27(24)36-6-3)28(33)30-21-10-11-23-22(15-21)31(26(32)17-37-23)16-18-8-7-9-20(29)12-18/h7-15H,4-6,16-17H2,1-3H3,(H,30,33). The number of rotatable bonds is 10. The molecule has 4 rings (SSSR count). The van der Waals surface area contributed by atoms with Gasteiger partial charge in [0.05, 0.1) is 32.1 Å². The molecule has 0 atom stereocenters. The minimum atomic E-state index is -0.366. The average Bonchev–Trinajstić information content (AvgIpc) is 2.88. The largest absolute Gasteiger partial charge is 0.490 e. The third kappa shape index (κ3) is 6.09. The second-order valence-corrected chi connectivity index (χ2v) is 8.57. The van der Waals surface area contributed by atoms with E-state index in [4.69, 9.17) is 30.5 Å². The number of amides is 2. The lowest BCUT2D eigenvalue weighted by molar-refractivity contribution is -0.121. The zero-order valence-electron chi connectivity index (χ0n) is 21.0. The number of benzene rings is 3. The van der Waals surface area contributed by atoms with E-state index in [-0.39, 0.29) is 18.4 Å². The van der Waals surface area contributed by atoms with E-state index in [1.165, 1.54) is 0 Å². The van der Waals surface area contributed by atoms with Gasteiger partial charge in [-0.25, -0.2) is 0 Å². The molecule has 0 bridgehead atoms. The summed E-state index contributed by atoms with van der Waals surface area (Å²) < 4.78 is 22.8. The molecule has 1 N–H and O–H groups in total. The molecule has 0 fully saturated rings. The van der Waals surface area contributed by atoms with Crippen LogP contribution in [-0.4, -0.2) is 38.2 Å². The molecular formula is C28H29ClN2O6. The van der Waals surface area contributed by atoms with Gasteiger partial charge in [-0.3, -0.25) is 9.59 Å². The first-order valence-corrected chi connectivity index (χ1v) is 12.5. The molecule has 0 aromatic heterocycles. The van der Waals surface area contributed by atoms with Crippen LogP contribution in [0.4, 0.5) is 11.4 Å². The highest BCUT2D eigenvalue weighted by molar-refractivity contribution is 6.30. The van der Waals surface area contributed by atoms with Crippen LogP contribution in [0, 0.1) is 0 Å². The van der Waals surface area contributed by atoms with Crippen molar-refractivity contribution in [2.75, 3.05) is 36.6 Å². The van der Waals surface area contributed by atoms with Gasteiger partial charge in [0.1, 0.15) is 5.75 Å². The van der Waals surface area contributed by atoms with Gasteiger partial charge in [0.15, 0.2) is 18.1 Å². The first-order chi connectivity index (χ1) is 17.9. The first kappa shape index (κ1) is 26.2. The smallest absolute Gasteiger partial charge is 0.265 e. The van der Waals surface area contributed by atoms with Crippen molar-refractivity contribution in [1.82, 2.24) is 0 Å². The van der Waals surface area contributed by atoms with Crippen LogP contribution in [0.15, 0.2) is 54.6 Å². The molecule has 1 heterocycles. The summed E-state index contributed by atoms with van der Waals surface area (Å²) in [5.41, 5.74) is 2.29. The number of fused-ring (bicyclic) bond motifs is 1. The molecule has 0 aliphatic carbocycles. The van der Waals surface area contributed by atoms with Crippen LogP contribution < -0.4 is 29.2 Å². The maximum Gasteiger partial charge on any atom is 0.265 e. The van der Waals surface area contributed by atoms with Crippen LogP contribution in [0.3, 0.4) is 0 Å². The predicted octanol–water partition coefficient (Wildman–Crippen LogP) is 5.71. The molecule has 0 unspecified atom stereocenters. The highest BCUT2D eigenvalue weighted by Crippen LogP contribution is 2.40. The summed E-state index contributed by atoms with van der Waals surface area (Å²) >= 11 is 6.13. The van der Waals surface area contributed by atoms with E-state index < -0.39 is 0 Å². The second-order valence-electron chi connectivity index (χ2n) is 8.14. The normalized spacial score (nSPS) is 12.4. The Labute approximate surface area is 221 Å². The van der Waals surface area contributed by atoms with Gasteiger partial charge in [-0.05, 0) is 68.8 Å². The summed E-state index contributed by atoms with van der Waals surface area (Å²) in [5, 5.41) is 3.49. The zero-order chi connectivity index (χ0) is 26.4. The van der Waals surface area contributed by atoms with Crippen molar-refractivity contribution in [2.45, 2.75) is 27.3 Å². The van der Waals surface area contributed by atoms with Gasteiger partial charge in [-0.1, -0.05) is 23.7 Å². The van der Waals surface area contributed by atoms with E-state index in [0.29, 0.717) is 71.3 Å². The number of hydrogen-bond acceptors (Lipinski definition) is 6. The maximum absolute atomic E-state index is 13.2. The number of anilines is 2. The number of ether oxygens (including phenoxy) is 4. The minimum absolute atomic E-state index is 0.0636. The Morgan fingerprint density at radius 3 is 2.32 bits per heavy atom. The van der Waals surface area contributed by atoms with E-state index in [1.807, 2.05) is 39.0 Å². The van der Waals surface area contributed by atoms with Crippen molar-refractivity contribution in [2.24, 2.45) is 0 Å². The van der Waals surface area contributed by atoms with Gasteiger partial charge in [0.2, 0.25) is 5.75 Å². The van der Waals surface area contributed by atoms with Crippen LogP contribution in [0.2, 0.25) is 5.02 Å². The zero-order valence-corrected chi connectivity index (χ0v) is 21.8. The number of carbonyl (C=O) groups is 2. The number of nitrogens with zero attached hydrogens (tertiary/aromatic N) is 1. The lowest BCUT2D eigenvalue weighted by atomic mass is 10.1. The van der Waals surface area contributed by atoms with Crippen LogP contribution in [-0.2, 0) is 11.3 Å². The summed E-state index contributed by atoms with van der Waals surface area (Å²) in [6, 6.07) is 15.8. The molecule has 2 amide bonds. The third-order valence-electron chi connectivity index (χ3n) is 5.56. The second kappa shape index (κ2) is 11.9. The summed E-state index contributed by atoms with van der Waals surface area (Å²) in [7, 11) is 0. The quantitative estimate of drug-likeness (QED) is 0.365. The highest BCUT2D eigenvalue weighted by atomic mass is 35.5.